The Hall–Kier alpha value is -3.02. The molecule has 0 bridgehead atoms. The van der Waals surface area contributed by atoms with Crippen LogP contribution in [0.1, 0.15) is 48.6 Å². The van der Waals surface area contributed by atoms with E-state index in [0.717, 1.165) is 22.3 Å². The van der Waals surface area contributed by atoms with E-state index in [1.807, 2.05) is 77.9 Å². The van der Waals surface area contributed by atoms with Gasteiger partial charge >= 0.3 is 0 Å². The molecule has 0 radical (unpaired) electrons. The van der Waals surface area contributed by atoms with Gasteiger partial charge in [-0.25, -0.2) is 0 Å². The van der Waals surface area contributed by atoms with Gasteiger partial charge in [0.1, 0.15) is 11.8 Å². The second-order valence-electron chi connectivity index (χ2n) is 10.7. The van der Waals surface area contributed by atoms with Crippen LogP contribution in [0.3, 0.4) is 0 Å². The molecular weight excluding hydrogens is 519 g/mol. The van der Waals surface area contributed by atoms with Crippen molar-refractivity contribution in [2.24, 2.45) is 0 Å². The zero-order valence-electron chi connectivity index (χ0n) is 22.9. The SMILES string of the molecule is Cc1cc(C)c(C)c(OCC(=O)N(Cc2ccc(Cl)cc2Cl)[C@H](Cc2ccccc2)C(=O)NC(C)(C)C)c1. The number of carbonyl (C=O) groups is 2. The predicted octanol–water partition coefficient (Wildman–Crippen LogP) is 6.85. The molecular formula is C31H36Cl2N2O3. The fourth-order valence-corrected chi connectivity index (χ4v) is 4.68. The van der Waals surface area contributed by atoms with Crippen molar-refractivity contribution in [2.75, 3.05) is 6.61 Å². The second kappa shape index (κ2) is 12.7. The summed E-state index contributed by atoms with van der Waals surface area (Å²) < 4.78 is 6.03. The highest BCUT2D eigenvalue weighted by Crippen LogP contribution is 2.26. The topological polar surface area (TPSA) is 58.6 Å². The fourth-order valence-electron chi connectivity index (χ4n) is 4.21. The normalized spacial score (nSPS) is 12.1. The van der Waals surface area contributed by atoms with Gasteiger partial charge in [-0.2, -0.15) is 0 Å². The maximum atomic E-state index is 13.8. The molecule has 0 aromatic heterocycles. The van der Waals surface area contributed by atoms with Crippen molar-refractivity contribution in [3.05, 3.63) is 98.5 Å². The first-order valence-electron chi connectivity index (χ1n) is 12.6. The van der Waals surface area contributed by atoms with Gasteiger partial charge in [-0.3, -0.25) is 9.59 Å². The number of benzene rings is 3. The third kappa shape index (κ3) is 8.24. The number of amides is 2. The summed E-state index contributed by atoms with van der Waals surface area (Å²) in [6.07, 6.45) is 0.336. The molecule has 2 amide bonds. The quantitative estimate of drug-likeness (QED) is 0.314. The molecule has 1 atom stereocenters. The van der Waals surface area contributed by atoms with E-state index in [4.69, 9.17) is 27.9 Å². The Labute approximate surface area is 236 Å². The first kappa shape index (κ1) is 29.5. The van der Waals surface area contributed by atoms with Gasteiger partial charge in [0.2, 0.25) is 5.91 Å². The molecule has 0 unspecified atom stereocenters. The van der Waals surface area contributed by atoms with Crippen molar-refractivity contribution in [1.29, 1.82) is 0 Å². The lowest BCUT2D eigenvalue weighted by atomic mass is 10.0. The molecule has 0 heterocycles. The highest BCUT2D eigenvalue weighted by atomic mass is 35.5. The average molecular weight is 556 g/mol. The molecule has 5 nitrogen and oxygen atoms in total. The van der Waals surface area contributed by atoms with E-state index >= 15 is 0 Å². The number of hydrogen-bond donors (Lipinski definition) is 1. The summed E-state index contributed by atoms with van der Waals surface area (Å²) in [6.45, 7) is 11.6. The molecule has 38 heavy (non-hydrogen) atoms. The molecule has 7 heteroatoms. The molecule has 0 saturated heterocycles. The minimum atomic E-state index is -0.792. The highest BCUT2D eigenvalue weighted by molar-refractivity contribution is 6.35. The Morgan fingerprint density at radius 2 is 1.66 bits per heavy atom. The third-order valence-electron chi connectivity index (χ3n) is 6.24. The van der Waals surface area contributed by atoms with E-state index in [9.17, 15) is 9.59 Å². The highest BCUT2D eigenvalue weighted by Gasteiger charge is 2.33. The zero-order chi connectivity index (χ0) is 28.0. The number of halogens is 2. The van der Waals surface area contributed by atoms with E-state index in [2.05, 4.69) is 11.4 Å². The number of nitrogens with zero attached hydrogens (tertiary/aromatic N) is 1. The molecule has 0 saturated carbocycles. The lowest BCUT2D eigenvalue weighted by molar-refractivity contribution is -0.143. The van der Waals surface area contributed by atoms with Crippen molar-refractivity contribution in [1.82, 2.24) is 10.2 Å². The zero-order valence-corrected chi connectivity index (χ0v) is 24.4. The molecule has 3 rings (SSSR count). The largest absolute Gasteiger partial charge is 0.483 e. The summed E-state index contributed by atoms with van der Waals surface area (Å²) in [6, 6.07) is 18.0. The van der Waals surface area contributed by atoms with E-state index in [-0.39, 0.29) is 25.0 Å². The molecule has 3 aromatic carbocycles. The third-order valence-corrected chi connectivity index (χ3v) is 6.83. The smallest absolute Gasteiger partial charge is 0.261 e. The predicted molar refractivity (Wildman–Crippen MR) is 155 cm³/mol. The number of nitrogens with one attached hydrogen (secondary N) is 1. The van der Waals surface area contributed by atoms with Crippen LogP contribution in [0.5, 0.6) is 5.75 Å². The Morgan fingerprint density at radius 3 is 2.29 bits per heavy atom. The Bertz CT molecular complexity index is 1290. The molecule has 0 aliphatic carbocycles. The van der Waals surface area contributed by atoms with Gasteiger partial charge < -0.3 is 15.0 Å². The van der Waals surface area contributed by atoms with Crippen LogP contribution in [0.15, 0.2) is 60.7 Å². The summed E-state index contributed by atoms with van der Waals surface area (Å²) in [7, 11) is 0. The molecule has 0 spiro atoms. The van der Waals surface area contributed by atoms with Crippen molar-refractivity contribution in [3.63, 3.8) is 0 Å². The first-order valence-corrected chi connectivity index (χ1v) is 13.4. The van der Waals surface area contributed by atoms with Crippen LogP contribution in [-0.4, -0.2) is 34.9 Å². The minimum Gasteiger partial charge on any atom is -0.483 e. The first-order chi connectivity index (χ1) is 17.8. The van der Waals surface area contributed by atoms with Crippen molar-refractivity contribution in [2.45, 2.75) is 66.1 Å². The van der Waals surface area contributed by atoms with Gasteiger partial charge in [0.25, 0.3) is 5.91 Å². The summed E-state index contributed by atoms with van der Waals surface area (Å²) in [4.78, 5) is 29.0. The summed E-state index contributed by atoms with van der Waals surface area (Å²) in [5.41, 5.74) is 4.25. The Kier molecular flexibility index (Phi) is 9.86. The van der Waals surface area contributed by atoms with E-state index in [1.54, 1.807) is 23.1 Å². The van der Waals surface area contributed by atoms with Crippen LogP contribution in [0.2, 0.25) is 10.0 Å². The average Bonchev–Trinajstić information content (AvgIpc) is 2.83. The van der Waals surface area contributed by atoms with Crippen molar-refractivity contribution >= 4 is 35.0 Å². The van der Waals surface area contributed by atoms with Gasteiger partial charge in [0.05, 0.1) is 0 Å². The van der Waals surface area contributed by atoms with E-state index < -0.39 is 11.6 Å². The molecule has 0 aliphatic rings. The molecule has 3 aromatic rings. The maximum Gasteiger partial charge on any atom is 0.261 e. The summed E-state index contributed by atoms with van der Waals surface area (Å²) in [5, 5.41) is 3.98. The van der Waals surface area contributed by atoms with Crippen LogP contribution in [0.4, 0.5) is 0 Å². The summed E-state index contributed by atoms with van der Waals surface area (Å²) >= 11 is 12.6. The van der Waals surface area contributed by atoms with Crippen LogP contribution in [0.25, 0.3) is 0 Å². The lowest BCUT2D eigenvalue weighted by Crippen LogP contribution is -2.55. The van der Waals surface area contributed by atoms with Crippen LogP contribution in [0, 0.1) is 20.8 Å². The molecule has 0 fully saturated rings. The molecule has 0 aliphatic heterocycles. The number of ether oxygens (including phenoxy) is 1. The van der Waals surface area contributed by atoms with Crippen LogP contribution in [-0.2, 0) is 22.6 Å². The number of aryl methyl sites for hydroxylation is 2. The Balaban J connectivity index is 1.99. The minimum absolute atomic E-state index is 0.124. The van der Waals surface area contributed by atoms with E-state index in [1.165, 1.54) is 0 Å². The van der Waals surface area contributed by atoms with Crippen molar-refractivity contribution in [3.8, 4) is 5.75 Å². The van der Waals surface area contributed by atoms with Gasteiger partial charge in [0.15, 0.2) is 6.61 Å². The van der Waals surface area contributed by atoms with Gasteiger partial charge in [-0.15, -0.1) is 0 Å². The standard InChI is InChI=1S/C31H36Cl2N2O3/c1-20-14-21(2)22(3)28(15-20)38-19-29(36)35(18-24-12-13-25(32)17-26(24)33)27(30(37)34-31(4,5)6)16-23-10-8-7-9-11-23/h7-15,17,27H,16,18-19H2,1-6H3,(H,34,37)/t27-/m1/s1. The number of hydrogen-bond acceptors (Lipinski definition) is 3. The number of carbonyl (C=O) groups excluding carboxylic acids is 2. The van der Waals surface area contributed by atoms with Gasteiger partial charge in [0, 0.05) is 28.5 Å². The van der Waals surface area contributed by atoms with Crippen molar-refractivity contribution < 1.29 is 14.3 Å². The number of rotatable bonds is 9. The monoisotopic (exact) mass is 554 g/mol. The molecule has 202 valence electrons. The summed E-state index contributed by atoms with van der Waals surface area (Å²) in [5.74, 6) is 0.0843. The van der Waals surface area contributed by atoms with Gasteiger partial charge in [-0.05, 0) is 87.6 Å². The van der Waals surface area contributed by atoms with Crippen LogP contribution >= 0.6 is 23.2 Å². The van der Waals surface area contributed by atoms with Crippen LogP contribution < -0.4 is 10.1 Å². The Morgan fingerprint density at radius 1 is 0.974 bits per heavy atom. The maximum absolute atomic E-state index is 13.8. The second-order valence-corrected chi connectivity index (χ2v) is 11.5. The molecule has 1 N–H and O–H groups in total. The van der Waals surface area contributed by atoms with E-state index in [0.29, 0.717) is 27.8 Å². The fraction of sp³-hybridized carbons (Fsp3) is 0.355. The van der Waals surface area contributed by atoms with Gasteiger partial charge in [-0.1, -0.05) is 65.7 Å². The lowest BCUT2D eigenvalue weighted by Gasteiger charge is -2.34.